The molecule has 0 amide bonds. The molecule has 1 unspecified atom stereocenters. The molecular weight excluding hydrogens is 303 g/mol. The lowest BCUT2D eigenvalue weighted by atomic mass is 10.3. The van der Waals surface area contributed by atoms with Crippen LogP contribution in [0.4, 0.5) is 10.1 Å². The zero-order valence-corrected chi connectivity index (χ0v) is 11.5. The Morgan fingerprint density at radius 3 is 3.00 bits per heavy atom. The van der Waals surface area contributed by atoms with Crippen LogP contribution in [0.1, 0.15) is 12.8 Å². The van der Waals surface area contributed by atoms with Crippen LogP contribution in [-0.2, 0) is 0 Å². The van der Waals surface area contributed by atoms with Gasteiger partial charge in [-0.05, 0) is 52.9 Å². The van der Waals surface area contributed by atoms with E-state index in [4.69, 9.17) is 0 Å². The van der Waals surface area contributed by atoms with Crippen LogP contribution >= 0.6 is 27.7 Å². The van der Waals surface area contributed by atoms with E-state index in [0.29, 0.717) is 5.25 Å². The molecule has 3 rings (SSSR count). The second-order valence-electron chi connectivity index (χ2n) is 4.39. The Hall–Kier alpha value is -0.550. The van der Waals surface area contributed by atoms with Crippen LogP contribution in [0.3, 0.4) is 0 Å². The summed E-state index contributed by atoms with van der Waals surface area (Å²) in [7, 11) is 0. The number of nitrogens with one attached hydrogen (secondary N) is 1. The summed E-state index contributed by atoms with van der Waals surface area (Å²) in [5.41, 5.74) is 0.743. The third-order valence-electron chi connectivity index (χ3n) is 3.00. The van der Waals surface area contributed by atoms with E-state index in [1.165, 1.54) is 25.0 Å². The fourth-order valence-corrected chi connectivity index (χ4v) is 3.45. The standard InChI is InChI=1S/C12H12BrFN2S/c13-9-4-3-8(14)5-10(9)16-12-15-6-11(17-12)7-1-2-7/h3-5,7,11H,1-2,6H2,(H,15,16). The summed E-state index contributed by atoms with van der Waals surface area (Å²) in [6.07, 6.45) is 2.67. The van der Waals surface area contributed by atoms with Crippen molar-refractivity contribution in [2.24, 2.45) is 10.9 Å². The van der Waals surface area contributed by atoms with Gasteiger partial charge in [-0.25, -0.2) is 4.39 Å². The smallest absolute Gasteiger partial charge is 0.161 e. The zero-order chi connectivity index (χ0) is 11.8. The molecular formula is C12H12BrFN2S. The molecule has 1 aromatic rings. The van der Waals surface area contributed by atoms with Crippen molar-refractivity contribution in [3.63, 3.8) is 0 Å². The van der Waals surface area contributed by atoms with Gasteiger partial charge in [-0.3, -0.25) is 4.99 Å². The second-order valence-corrected chi connectivity index (χ2v) is 6.47. The summed E-state index contributed by atoms with van der Waals surface area (Å²) in [5, 5.41) is 4.73. The summed E-state index contributed by atoms with van der Waals surface area (Å²) >= 11 is 5.19. The third kappa shape index (κ3) is 2.65. The molecule has 1 aliphatic heterocycles. The number of rotatable bonds is 2. The normalized spacial score (nSPS) is 23.6. The first-order valence-corrected chi connectivity index (χ1v) is 7.33. The van der Waals surface area contributed by atoms with Gasteiger partial charge in [0.2, 0.25) is 0 Å². The van der Waals surface area contributed by atoms with Crippen molar-refractivity contribution in [3.05, 3.63) is 28.5 Å². The maximum absolute atomic E-state index is 13.1. The number of benzene rings is 1. The van der Waals surface area contributed by atoms with Crippen LogP contribution in [0, 0.1) is 11.7 Å². The van der Waals surface area contributed by atoms with Crippen LogP contribution in [0.15, 0.2) is 27.7 Å². The predicted octanol–water partition coefficient (Wildman–Crippen LogP) is 3.88. The Kier molecular flexibility index (Phi) is 3.13. The molecule has 1 saturated carbocycles. The van der Waals surface area contributed by atoms with Crippen LogP contribution in [0.2, 0.25) is 0 Å². The molecule has 5 heteroatoms. The quantitative estimate of drug-likeness (QED) is 0.895. The van der Waals surface area contributed by atoms with Crippen molar-refractivity contribution >= 4 is 38.5 Å². The van der Waals surface area contributed by atoms with Gasteiger partial charge in [0.25, 0.3) is 0 Å². The number of amidine groups is 1. The van der Waals surface area contributed by atoms with Crippen LogP contribution in [-0.4, -0.2) is 17.0 Å². The molecule has 0 saturated heterocycles. The average Bonchev–Trinajstić information content (AvgIpc) is 3.05. The number of hydrogen-bond donors (Lipinski definition) is 1. The monoisotopic (exact) mass is 314 g/mol. The summed E-state index contributed by atoms with van der Waals surface area (Å²) < 4.78 is 14.0. The van der Waals surface area contributed by atoms with Gasteiger partial charge in [-0.15, -0.1) is 0 Å². The number of thioether (sulfide) groups is 1. The Bertz CT molecular complexity index is 474. The molecule has 1 aromatic carbocycles. The molecule has 0 aromatic heterocycles. The molecule has 90 valence electrons. The highest BCUT2D eigenvalue weighted by molar-refractivity contribution is 9.10. The van der Waals surface area contributed by atoms with Gasteiger partial charge < -0.3 is 5.32 Å². The van der Waals surface area contributed by atoms with E-state index < -0.39 is 0 Å². The van der Waals surface area contributed by atoms with Crippen molar-refractivity contribution in [3.8, 4) is 0 Å². The lowest BCUT2D eigenvalue weighted by Crippen LogP contribution is -2.09. The minimum Gasteiger partial charge on any atom is -0.334 e. The molecule has 1 heterocycles. The van der Waals surface area contributed by atoms with E-state index in [2.05, 4.69) is 26.2 Å². The first-order valence-electron chi connectivity index (χ1n) is 5.65. The Labute approximate surface area is 112 Å². The van der Waals surface area contributed by atoms with Gasteiger partial charge in [-0.1, -0.05) is 11.8 Å². The molecule has 1 aliphatic carbocycles. The lowest BCUT2D eigenvalue weighted by Gasteiger charge is -2.09. The number of nitrogens with zero attached hydrogens (tertiary/aromatic N) is 1. The van der Waals surface area contributed by atoms with Crippen molar-refractivity contribution in [2.45, 2.75) is 18.1 Å². The lowest BCUT2D eigenvalue weighted by molar-refractivity contribution is 0.628. The minimum atomic E-state index is -0.238. The van der Waals surface area contributed by atoms with Crippen molar-refractivity contribution in [1.82, 2.24) is 0 Å². The van der Waals surface area contributed by atoms with Crippen molar-refractivity contribution in [1.29, 1.82) is 0 Å². The molecule has 0 radical (unpaired) electrons. The zero-order valence-electron chi connectivity index (χ0n) is 9.12. The largest absolute Gasteiger partial charge is 0.334 e. The second kappa shape index (κ2) is 4.61. The van der Waals surface area contributed by atoms with Crippen molar-refractivity contribution in [2.75, 3.05) is 11.9 Å². The van der Waals surface area contributed by atoms with Gasteiger partial charge in [0, 0.05) is 9.72 Å². The van der Waals surface area contributed by atoms with Gasteiger partial charge in [-0.2, -0.15) is 0 Å². The highest BCUT2D eigenvalue weighted by Crippen LogP contribution is 2.42. The maximum atomic E-state index is 13.1. The fraction of sp³-hybridized carbons (Fsp3) is 0.417. The first kappa shape index (κ1) is 11.5. The summed E-state index contributed by atoms with van der Waals surface area (Å²) in [5.74, 6) is 0.608. The van der Waals surface area contributed by atoms with E-state index in [1.54, 1.807) is 17.8 Å². The van der Waals surface area contributed by atoms with Crippen LogP contribution < -0.4 is 5.32 Å². The number of anilines is 1. The molecule has 2 nitrogen and oxygen atoms in total. The number of aliphatic imine (C=N–C) groups is 1. The first-order chi connectivity index (χ1) is 8.22. The fourth-order valence-electron chi connectivity index (χ4n) is 1.88. The van der Waals surface area contributed by atoms with E-state index in [-0.39, 0.29) is 5.82 Å². The molecule has 0 spiro atoms. The molecule has 0 bridgehead atoms. The summed E-state index contributed by atoms with van der Waals surface area (Å²) in [4.78, 5) is 4.47. The van der Waals surface area contributed by atoms with E-state index in [0.717, 1.165) is 27.8 Å². The molecule has 1 atom stereocenters. The molecule has 2 aliphatic rings. The Balaban J connectivity index is 1.68. The molecule has 17 heavy (non-hydrogen) atoms. The minimum absolute atomic E-state index is 0.238. The van der Waals surface area contributed by atoms with E-state index in [1.807, 2.05) is 0 Å². The van der Waals surface area contributed by atoms with E-state index >= 15 is 0 Å². The summed E-state index contributed by atoms with van der Waals surface area (Å²) in [6, 6.07) is 4.62. The van der Waals surface area contributed by atoms with Crippen molar-refractivity contribution < 1.29 is 4.39 Å². The summed E-state index contributed by atoms with van der Waals surface area (Å²) in [6.45, 7) is 0.893. The molecule has 1 fully saturated rings. The van der Waals surface area contributed by atoms with Gasteiger partial charge >= 0.3 is 0 Å². The van der Waals surface area contributed by atoms with Crippen LogP contribution in [0.5, 0.6) is 0 Å². The number of halogens is 2. The van der Waals surface area contributed by atoms with E-state index in [9.17, 15) is 4.39 Å². The average molecular weight is 315 g/mol. The Morgan fingerprint density at radius 2 is 2.24 bits per heavy atom. The van der Waals surface area contributed by atoms with Gasteiger partial charge in [0.1, 0.15) is 5.82 Å². The van der Waals surface area contributed by atoms with Crippen LogP contribution in [0.25, 0.3) is 0 Å². The Morgan fingerprint density at radius 1 is 1.41 bits per heavy atom. The highest BCUT2D eigenvalue weighted by Gasteiger charge is 2.35. The SMILES string of the molecule is Fc1ccc(Br)c(NC2=NCC(C3CC3)S2)c1. The number of hydrogen-bond acceptors (Lipinski definition) is 3. The predicted molar refractivity (Wildman–Crippen MR) is 74.1 cm³/mol. The van der Waals surface area contributed by atoms with Gasteiger partial charge in [0.05, 0.1) is 12.2 Å². The highest BCUT2D eigenvalue weighted by atomic mass is 79.9. The molecule has 1 N–H and O–H groups in total. The topological polar surface area (TPSA) is 24.4 Å². The third-order valence-corrected chi connectivity index (χ3v) is 4.98. The van der Waals surface area contributed by atoms with Gasteiger partial charge in [0.15, 0.2) is 5.17 Å². The maximum Gasteiger partial charge on any atom is 0.161 e.